The van der Waals surface area contributed by atoms with E-state index in [-0.39, 0.29) is 0 Å². The van der Waals surface area contributed by atoms with Crippen LogP contribution in [0.1, 0.15) is 9.68 Å². The van der Waals surface area contributed by atoms with Gasteiger partial charge in [-0.05, 0) is 18.2 Å². The lowest BCUT2D eigenvalue weighted by Gasteiger charge is -1.97. The van der Waals surface area contributed by atoms with Crippen molar-refractivity contribution in [2.75, 3.05) is 0 Å². The summed E-state index contributed by atoms with van der Waals surface area (Å²) in [4.78, 5) is 8.53. The third kappa shape index (κ3) is 1.15. The maximum absolute atomic E-state index is 8.01. The first kappa shape index (κ1) is 8.56. The maximum atomic E-state index is 8.01. The van der Waals surface area contributed by atoms with Crippen molar-refractivity contribution in [3.8, 4) is 11.4 Å². The van der Waals surface area contributed by atoms with Gasteiger partial charge in [0.1, 0.15) is 0 Å². The molecule has 5 rings (SSSR count). The molecule has 4 aromatic heterocycles. The molecule has 5 nitrogen and oxygen atoms in total. The van der Waals surface area contributed by atoms with E-state index in [0.29, 0.717) is 17.8 Å². The molecular formula is C16H14N5+. The first-order chi connectivity index (χ1) is 11.5. The van der Waals surface area contributed by atoms with Crippen LogP contribution in [0.15, 0.2) is 36.8 Å². The minimum Gasteiger partial charge on any atom is -0.264 e. The van der Waals surface area contributed by atoms with Gasteiger partial charge < -0.3 is 0 Å². The molecule has 102 valence electrons. The monoisotopic (exact) mass is 279 g/mol. The molecule has 0 radical (unpaired) electrons. The van der Waals surface area contributed by atoms with Crippen molar-refractivity contribution >= 4 is 22.2 Å². The predicted octanol–water partition coefficient (Wildman–Crippen LogP) is 1.78. The van der Waals surface area contributed by atoms with Gasteiger partial charge in [0.2, 0.25) is 11.5 Å². The second kappa shape index (κ2) is 3.49. The van der Waals surface area contributed by atoms with Gasteiger partial charge in [0, 0.05) is 24.2 Å². The highest BCUT2D eigenvalue weighted by Gasteiger charge is 2.34. The molecule has 0 aliphatic carbocycles. The van der Waals surface area contributed by atoms with Gasteiger partial charge in [0.05, 0.1) is 35.6 Å². The van der Waals surface area contributed by atoms with Crippen LogP contribution in [0.5, 0.6) is 0 Å². The number of hydrogen-bond acceptors (Lipinski definition) is 2. The normalized spacial score (nSPS) is 15.8. The number of imidazole rings is 1. The Labute approximate surface area is 125 Å². The number of nitrogens with zero attached hydrogens (tertiary/aromatic N) is 5. The van der Waals surface area contributed by atoms with E-state index < -0.39 is 6.98 Å². The van der Waals surface area contributed by atoms with E-state index in [4.69, 9.17) is 4.11 Å². The molecule has 21 heavy (non-hydrogen) atoms. The molecule has 5 heterocycles. The largest absolute Gasteiger partial charge is 0.271 e. The summed E-state index contributed by atoms with van der Waals surface area (Å²) in [6, 6.07) is 5.75. The second-order valence-corrected chi connectivity index (χ2v) is 5.38. The van der Waals surface area contributed by atoms with Gasteiger partial charge in [-0.15, -0.1) is 0 Å². The van der Waals surface area contributed by atoms with Crippen LogP contribution in [-0.2, 0) is 20.6 Å². The molecule has 0 atom stereocenters. The highest BCUT2D eigenvalue weighted by Crippen LogP contribution is 2.33. The number of fused-ring (bicyclic) bond motifs is 7. The molecule has 5 heteroatoms. The van der Waals surface area contributed by atoms with E-state index in [1.807, 2.05) is 31.4 Å². The standard InChI is InChI=1S/C16H14N5/c1-19-13-12-4-3-6-18-14(12)20(2)16(13)21-9-10-8-17-7-5-11(10)15(19)21/h3-8H,9H2,1-2H3/q+1/i2D3. The fraction of sp³-hybridized carbons (Fsp3) is 0.188. The van der Waals surface area contributed by atoms with Crippen molar-refractivity contribution < 1.29 is 8.68 Å². The number of aromatic nitrogens is 5. The molecule has 0 unspecified atom stereocenters. The summed E-state index contributed by atoms with van der Waals surface area (Å²) in [5, 5.41) is 0.851. The molecule has 4 aromatic rings. The lowest BCUT2D eigenvalue weighted by molar-refractivity contribution is -0.648. The predicted molar refractivity (Wildman–Crippen MR) is 79.7 cm³/mol. The lowest BCUT2D eigenvalue weighted by Crippen LogP contribution is -2.33. The Morgan fingerprint density at radius 3 is 3.14 bits per heavy atom. The Morgan fingerprint density at radius 2 is 2.24 bits per heavy atom. The van der Waals surface area contributed by atoms with Gasteiger partial charge >= 0.3 is 0 Å². The quantitative estimate of drug-likeness (QED) is 0.405. The van der Waals surface area contributed by atoms with Crippen LogP contribution in [-0.4, -0.2) is 19.1 Å². The third-order valence-electron chi connectivity index (χ3n) is 4.31. The minimum absolute atomic E-state index is 0.488. The molecule has 0 fully saturated rings. The zero-order valence-corrected chi connectivity index (χ0v) is 11.4. The number of rotatable bonds is 0. The van der Waals surface area contributed by atoms with Gasteiger partial charge in [-0.25, -0.2) is 14.1 Å². The highest BCUT2D eigenvalue weighted by atomic mass is 15.2. The molecule has 1 aliphatic rings. The van der Waals surface area contributed by atoms with Crippen molar-refractivity contribution in [3.05, 3.63) is 42.4 Å². The summed E-state index contributed by atoms with van der Waals surface area (Å²) in [6.07, 6.45) is 5.24. The number of aryl methyl sites for hydroxylation is 2. The molecule has 0 aromatic carbocycles. The van der Waals surface area contributed by atoms with Crippen LogP contribution in [0.2, 0.25) is 0 Å². The van der Waals surface area contributed by atoms with E-state index >= 15 is 0 Å². The summed E-state index contributed by atoms with van der Waals surface area (Å²) in [7, 11) is 1.97. The molecule has 1 aliphatic heterocycles. The number of hydrogen-bond donors (Lipinski definition) is 0. The first-order valence-corrected chi connectivity index (χ1v) is 6.80. The Morgan fingerprint density at radius 1 is 1.29 bits per heavy atom. The van der Waals surface area contributed by atoms with Crippen LogP contribution >= 0.6 is 0 Å². The van der Waals surface area contributed by atoms with Gasteiger partial charge in [-0.2, -0.15) is 0 Å². The fourth-order valence-electron chi connectivity index (χ4n) is 3.47. The summed E-state index contributed by atoms with van der Waals surface area (Å²) in [5.74, 6) is 1.00. The molecule has 0 spiro atoms. The van der Waals surface area contributed by atoms with Gasteiger partial charge in [0.15, 0.2) is 5.52 Å². The second-order valence-electron chi connectivity index (χ2n) is 5.38. The van der Waals surface area contributed by atoms with Crippen molar-refractivity contribution in [3.63, 3.8) is 0 Å². The zero-order valence-electron chi connectivity index (χ0n) is 14.4. The average Bonchev–Trinajstić information content (AvgIpc) is 3.16. The van der Waals surface area contributed by atoms with E-state index in [2.05, 4.69) is 19.1 Å². The van der Waals surface area contributed by atoms with E-state index in [9.17, 15) is 0 Å². The summed E-state index contributed by atoms with van der Waals surface area (Å²) in [5.41, 5.74) is 4.25. The zero-order chi connectivity index (χ0) is 16.6. The van der Waals surface area contributed by atoms with Crippen LogP contribution in [0, 0.1) is 0 Å². The topological polar surface area (TPSA) is 39.5 Å². The van der Waals surface area contributed by atoms with Crippen molar-refractivity contribution in [1.82, 2.24) is 19.1 Å². The third-order valence-corrected chi connectivity index (χ3v) is 4.31. The van der Waals surface area contributed by atoms with Crippen LogP contribution < -0.4 is 4.57 Å². The minimum atomic E-state index is -2.30. The maximum Gasteiger partial charge on any atom is 0.271 e. The van der Waals surface area contributed by atoms with E-state index in [1.165, 1.54) is 4.57 Å². The summed E-state index contributed by atoms with van der Waals surface area (Å²) >= 11 is 0. The first-order valence-electron chi connectivity index (χ1n) is 8.30. The SMILES string of the molecule is [2H]C([2H])([2H])n1c2ncccc2c2c1[n+]1c(n2C)-c2ccncc2C1. The molecule has 0 saturated heterocycles. The van der Waals surface area contributed by atoms with Crippen molar-refractivity contribution in [2.45, 2.75) is 6.54 Å². The van der Waals surface area contributed by atoms with E-state index in [1.54, 1.807) is 12.4 Å². The van der Waals surface area contributed by atoms with Crippen LogP contribution in [0.25, 0.3) is 33.6 Å². The Hall–Kier alpha value is -2.69. The highest BCUT2D eigenvalue weighted by molar-refractivity contribution is 6.03. The summed E-state index contributed by atoms with van der Waals surface area (Å²) in [6.45, 7) is -1.69. The van der Waals surface area contributed by atoms with Gasteiger partial charge in [-0.3, -0.25) is 9.55 Å². The molecule has 0 bridgehead atoms. The molecule has 0 N–H and O–H groups in total. The Balaban J connectivity index is 2.02. The van der Waals surface area contributed by atoms with Crippen LogP contribution in [0.3, 0.4) is 0 Å². The van der Waals surface area contributed by atoms with Crippen molar-refractivity contribution in [2.24, 2.45) is 14.0 Å². The summed E-state index contributed by atoms with van der Waals surface area (Å²) < 4.78 is 29.5. The van der Waals surface area contributed by atoms with E-state index in [0.717, 1.165) is 27.9 Å². The Kier molecular flexibility index (Phi) is 1.42. The van der Waals surface area contributed by atoms with Crippen LogP contribution in [0.4, 0.5) is 0 Å². The Bertz CT molecular complexity index is 1140. The smallest absolute Gasteiger partial charge is 0.264 e. The number of pyridine rings is 2. The lowest BCUT2D eigenvalue weighted by atomic mass is 10.2. The van der Waals surface area contributed by atoms with Gasteiger partial charge in [-0.1, -0.05) is 0 Å². The van der Waals surface area contributed by atoms with Gasteiger partial charge in [0.25, 0.3) is 5.65 Å². The fourth-order valence-corrected chi connectivity index (χ4v) is 3.47. The molecular weight excluding hydrogens is 262 g/mol. The average molecular weight is 279 g/mol. The van der Waals surface area contributed by atoms with Crippen molar-refractivity contribution in [1.29, 1.82) is 0 Å². The molecule has 0 amide bonds. The molecule has 0 saturated carbocycles.